The van der Waals surface area contributed by atoms with Gasteiger partial charge in [0.05, 0.1) is 0 Å². The summed E-state index contributed by atoms with van der Waals surface area (Å²) in [5, 5.41) is 1.31. The van der Waals surface area contributed by atoms with Crippen molar-refractivity contribution in [2.24, 2.45) is 0 Å². The SMILES string of the molecule is CC1=Cc2[nH]c3ccccc3c2C=CC1. The molecule has 0 fully saturated rings. The van der Waals surface area contributed by atoms with Crippen molar-refractivity contribution in [1.29, 1.82) is 0 Å². The fraction of sp³-hybridized carbons (Fsp3) is 0.143. The highest BCUT2D eigenvalue weighted by molar-refractivity contribution is 5.93. The normalized spacial score (nSPS) is 14.9. The summed E-state index contributed by atoms with van der Waals surface area (Å²) in [5.41, 5.74) is 5.18. The van der Waals surface area contributed by atoms with Gasteiger partial charge in [-0.05, 0) is 25.5 Å². The van der Waals surface area contributed by atoms with Crippen LogP contribution in [0.25, 0.3) is 23.1 Å². The van der Waals surface area contributed by atoms with Crippen LogP contribution in [-0.2, 0) is 0 Å². The highest BCUT2D eigenvalue weighted by Gasteiger charge is 2.08. The van der Waals surface area contributed by atoms with Crippen molar-refractivity contribution in [2.75, 3.05) is 0 Å². The van der Waals surface area contributed by atoms with Gasteiger partial charge in [-0.3, -0.25) is 0 Å². The van der Waals surface area contributed by atoms with E-state index in [0.717, 1.165) is 6.42 Å². The maximum absolute atomic E-state index is 3.46. The maximum Gasteiger partial charge on any atom is 0.0464 e. The molecule has 1 aromatic carbocycles. The Labute approximate surface area is 89.1 Å². The van der Waals surface area contributed by atoms with E-state index >= 15 is 0 Å². The number of rotatable bonds is 0. The summed E-state index contributed by atoms with van der Waals surface area (Å²) in [4.78, 5) is 3.46. The van der Waals surface area contributed by atoms with Gasteiger partial charge in [-0.15, -0.1) is 0 Å². The molecule has 1 nitrogen and oxygen atoms in total. The smallest absolute Gasteiger partial charge is 0.0464 e. The molecule has 0 saturated carbocycles. The Kier molecular flexibility index (Phi) is 1.78. The molecule has 15 heavy (non-hydrogen) atoms. The summed E-state index contributed by atoms with van der Waals surface area (Å²) in [6.07, 6.45) is 7.76. The van der Waals surface area contributed by atoms with E-state index in [4.69, 9.17) is 0 Å². The zero-order valence-electron chi connectivity index (χ0n) is 8.75. The van der Waals surface area contributed by atoms with Crippen LogP contribution in [0.5, 0.6) is 0 Å². The molecule has 1 heteroatoms. The molecule has 0 saturated heterocycles. The Morgan fingerprint density at radius 3 is 3.00 bits per heavy atom. The molecule has 74 valence electrons. The van der Waals surface area contributed by atoms with E-state index in [-0.39, 0.29) is 0 Å². The van der Waals surface area contributed by atoms with Gasteiger partial charge in [0.15, 0.2) is 0 Å². The molecule has 0 aliphatic heterocycles. The van der Waals surface area contributed by atoms with Crippen LogP contribution in [0, 0.1) is 0 Å². The van der Waals surface area contributed by atoms with Gasteiger partial charge >= 0.3 is 0 Å². The number of allylic oxidation sites excluding steroid dienone is 2. The second kappa shape index (κ2) is 3.13. The molecule has 0 bridgehead atoms. The molecule has 0 spiro atoms. The Morgan fingerprint density at radius 2 is 2.07 bits per heavy atom. The van der Waals surface area contributed by atoms with Crippen LogP contribution in [0.2, 0.25) is 0 Å². The minimum absolute atomic E-state index is 1.05. The van der Waals surface area contributed by atoms with Gasteiger partial charge in [0.2, 0.25) is 0 Å². The fourth-order valence-corrected chi connectivity index (χ4v) is 2.15. The van der Waals surface area contributed by atoms with Crippen molar-refractivity contribution in [2.45, 2.75) is 13.3 Å². The molecular weight excluding hydrogens is 182 g/mol. The molecule has 1 heterocycles. The van der Waals surface area contributed by atoms with Crippen molar-refractivity contribution >= 4 is 23.1 Å². The van der Waals surface area contributed by atoms with E-state index in [1.807, 2.05) is 0 Å². The zero-order valence-corrected chi connectivity index (χ0v) is 8.75. The number of aromatic amines is 1. The van der Waals surface area contributed by atoms with Gasteiger partial charge in [-0.1, -0.05) is 35.9 Å². The molecule has 1 aliphatic carbocycles. The number of para-hydroxylation sites is 1. The molecule has 2 aromatic rings. The first-order valence-corrected chi connectivity index (χ1v) is 5.29. The predicted octanol–water partition coefficient (Wildman–Crippen LogP) is 3.99. The maximum atomic E-state index is 3.46. The van der Waals surface area contributed by atoms with E-state index in [1.165, 1.54) is 27.7 Å². The Balaban J connectivity index is 2.38. The lowest BCUT2D eigenvalue weighted by Gasteiger charge is -1.91. The van der Waals surface area contributed by atoms with Crippen molar-refractivity contribution in [1.82, 2.24) is 4.98 Å². The van der Waals surface area contributed by atoms with Crippen LogP contribution in [-0.4, -0.2) is 4.98 Å². The quantitative estimate of drug-likeness (QED) is 0.654. The third kappa shape index (κ3) is 1.32. The van der Waals surface area contributed by atoms with Crippen molar-refractivity contribution in [3.05, 3.63) is 47.2 Å². The molecular formula is C14H13N. The molecule has 0 radical (unpaired) electrons. The molecule has 0 atom stereocenters. The number of aromatic nitrogens is 1. The fourth-order valence-electron chi connectivity index (χ4n) is 2.15. The summed E-state index contributed by atoms with van der Waals surface area (Å²) >= 11 is 0. The highest BCUT2D eigenvalue weighted by Crippen LogP contribution is 2.28. The number of hydrogen-bond acceptors (Lipinski definition) is 0. The average Bonchev–Trinajstić information content (AvgIpc) is 2.46. The molecule has 3 rings (SSSR count). The third-order valence-corrected chi connectivity index (χ3v) is 2.89. The van der Waals surface area contributed by atoms with E-state index in [2.05, 4.69) is 54.4 Å². The second-order valence-electron chi connectivity index (χ2n) is 4.10. The molecule has 0 unspecified atom stereocenters. The average molecular weight is 195 g/mol. The zero-order chi connectivity index (χ0) is 10.3. The van der Waals surface area contributed by atoms with E-state index in [9.17, 15) is 0 Å². The standard InChI is InChI=1S/C14H13N/c1-10-5-4-7-12-11-6-2-3-8-13(11)15-14(12)9-10/h2-4,6-9,15H,5H2,1H3. The van der Waals surface area contributed by atoms with E-state index < -0.39 is 0 Å². The van der Waals surface area contributed by atoms with Crippen molar-refractivity contribution in [3.8, 4) is 0 Å². The first-order valence-electron chi connectivity index (χ1n) is 5.29. The van der Waals surface area contributed by atoms with Crippen LogP contribution >= 0.6 is 0 Å². The lowest BCUT2D eigenvalue weighted by Crippen LogP contribution is -1.75. The number of fused-ring (bicyclic) bond motifs is 3. The first-order chi connectivity index (χ1) is 7.34. The monoisotopic (exact) mass is 195 g/mol. The molecule has 1 aromatic heterocycles. The van der Waals surface area contributed by atoms with E-state index in [1.54, 1.807) is 0 Å². The summed E-state index contributed by atoms with van der Waals surface area (Å²) in [6.45, 7) is 2.17. The Bertz CT molecular complexity index is 570. The Morgan fingerprint density at radius 1 is 1.20 bits per heavy atom. The largest absolute Gasteiger partial charge is 0.355 e. The second-order valence-corrected chi connectivity index (χ2v) is 4.10. The lowest BCUT2D eigenvalue weighted by atomic mass is 10.1. The lowest BCUT2D eigenvalue weighted by molar-refractivity contribution is 1.24. The first kappa shape index (κ1) is 8.54. The third-order valence-electron chi connectivity index (χ3n) is 2.89. The summed E-state index contributed by atoms with van der Waals surface area (Å²) < 4.78 is 0. The van der Waals surface area contributed by atoms with Crippen LogP contribution < -0.4 is 0 Å². The number of benzene rings is 1. The van der Waals surface area contributed by atoms with Crippen LogP contribution in [0.15, 0.2) is 35.9 Å². The molecule has 1 aliphatic rings. The minimum Gasteiger partial charge on any atom is -0.355 e. The number of nitrogens with one attached hydrogen (secondary N) is 1. The van der Waals surface area contributed by atoms with Crippen LogP contribution in [0.4, 0.5) is 0 Å². The van der Waals surface area contributed by atoms with Crippen LogP contribution in [0.1, 0.15) is 24.6 Å². The summed E-state index contributed by atoms with van der Waals surface area (Å²) in [5.74, 6) is 0. The minimum atomic E-state index is 1.05. The number of H-pyrrole nitrogens is 1. The predicted molar refractivity (Wildman–Crippen MR) is 65.6 cm³/mol. The van der Waals surface area contributed by atoms with Gasteiger partial charge in [0.25, 0.3) is 0 Å². The van der Waals surface area contributed by atoms with Gasteiger partial charge in [-0.25, -0.2) is 0 Å². The number of hydrogen-bond donors (Lipinski definition) is 1. The summed E-state index contributed by atoms with van der Waals surface area (Å²) in [7, 11) is 0. The van der Waals surface area contributed by atoms with Gasteiger partial charge in [-0.2, -0.15) is 0 Å². The van der Waals surface area contributed by atoms with Crippen molar-refractivity contribution in [3.63, 3.8) is 0 Å². The van der Waals surface area contributed by atoms with Crippen molar-refractivity contribution < 1.29 is 0 Å². The summed E-state index contributed by atoms with van der Waals surface area (Å²) in [6, 6.07) is 8.45. The van der Waals surface area contributed by atoms with Gasteiger partial charge in [0, 0.05) is 22.2 Å². The Hall–Kier alpha value is -1.76. The van der Waals surface area contributed by atoms with Gasteiger partial charge < -0.3 is 4.98 Å². The molecule has 0 amide bonds. The highest BCUT2D eigenvalue weighted by atomic mass is 14.7. The van der Waals surface area contributed by atoms with Gasteiger partial charge in [0.1, 0.15) is 0 Å². The van der Waals surface area contributed by atoms with E-state index in [0.29, 0.717) is 0 Å². The molecule has 1 N–H and O–H groups in total. The topological polar surface area (TPSA) is 15.8 Å². The van der Waals surface area contributed by atoms with Crippen LogP contribution in [0.3, 0.4) is 0 Å².